The average Bonchev–Trinajstić information content (AvgIpc) is 2.62. The quantitative estimate of drug-likeness (QED) is 0.540. The first kappa shape index (κ1) is 23.4. The number of hydrogen-bond donors (Lipinski definition) is 5. The number of hydrogen-bond acceptors (Lipinski definition) is 5. The molecule has 5 N–H and O–H groups in total. The maximum absolute atomic E-state index is 9.73. The van der Waals surface area contributed by atoms with Gasteiger partial charge in [-0.2, -0.15) is 0 Å². The fraction of sp³-hybridized carbons (Fsp3) is 0.368. The molecule has 0 bridgehead atoms. The first-order chi connectivity index (χ1) is 11.5. The predicted molar refractivity (Wildman–Crippen MR) is 104 cm³/mol. The number of nitrogens with one attached hydrogen (secondary N) is 2. The van der Waals surface area contributed by atoms with E-state index >= 15 is 0 Å². The van der Waals surface area contributed by atoms with E-state index in [2.05, 4.69) is 10.6 Å². The van der Waals surface area contributed by atoms with Gasteiger partial charge in [0, 0.05) is 12.6 Å². The van der Waals surface area contributed by atoms with Crippen LogP contribution in [0.25, 0.3) is 0 Å². The zero-order valence-electron chi connectivity index (χ0n) is 14.9. The smallest absolute Gasteiger partial charge is 0.115 e. The van der Waals surface area contributed by atoms with Crippen molar-refractivity contribution in [3.8, 4) is 5.75 Å². The van der Waals surface area contributed by atoms with Crippen LogP contribution in [0.1, 0.15) is 30.3 Å². The van der Waals surface area contributed by atoms with E-state index in [0.717, 1.165) is 11.1 Å². The van der Waals surface area contributed by atoms with E-state index in [1.807, 2.05) is 44.3 Å². The van der Waals surface area contributed by atoms with Crippen molar-refractivity contribution in [3.05, 3.63) is 65.7 Å². The molecule has 2 rings (SSSR count). The molecule has 0 fully saturated rings. The van der Waals surface area contributed by atoms with Gasteiger partial charge in [0.05, 0.1) is 12.2 Å². The summed E-state index contributed by atoms with van der Waals surface area (Å²) in [7, 11) is 3.61. The lowest BCUT2D eigenvalue weighted by Crippen LogP contribution is -2.28. The molecular formula is C19H29ClN2O3. The Balaban J connectivity index is 0.000000443. The predicted octanol–water partition coefficient (Wildman–Crippen LogP) is 2.39. The summed E-state index contributed by atoms with van der Waals surface area (Å²) in [4.78, 5) is 0. The standard InChI is InChI=1S/C10H15NO.C9H13NO2.ClH/c1-8(11-2)10(12)9-6-4-3-5-7-9;1-10-6-9(12)7-3-2-4-8(11)5-7;/h3-8,10-12H,1-2H3;2-5,9-12H,6H2,1H3;1H/t8-,10+;9-;/m00./s1. The first-order valence-corrected chi connectivity index (χ1v) is 8.01. The Hall–Kier alpha value is -1.63. The molecule has 6 heteroatoms. The molecule has 0 aliphatic carbocycles. The SMILES string of the molecule is CNC[C@H](O)c1cccc(O)c1.CN[C@@H](C)[C@@H](O)c1ccccc1.Cl. The number of phenols is 1. The lowest BCUT2D eigenvalue weighted by Gasteiger charge is -2.17. The zero-order valence-corrected chi connectivity index (χ0v) is 15.7. The average molecular weight is 369 g/mol. The Labute approximate surface area is 156 Å². The number of halogens is 1. The molecule has 0 aliphatic rings. The molecule has 0 spiro atoms. The van der Waals surface area contributed by atoms with Gasteiger partial charge >= 0.3 is 0 Å². The number of aromatic hydroxyl groups is 1. The van der Waals surface area contributed by atoms with Gasteiger partial charge in [-0.15, -0.1) is 12.4 Å². The van der Waals surface area contributed by atoms with Crippen molar-refractivity contribution in [1.29, 1.82) is 0 Å². The summed E-state index contributed by atoms with van der Waals surface area (Å²) in [5.74, 6) is 0.183. The Kier molecular flexibility index (Phi) is 11.9. The molecule has 0 aromatic heterocycles. The molecule has 0 unspecified atom stereocenters. The van der Waals surface area contributed by atoms with Gasteiger partial charge in [-0.25, -0.2) is 0 Å². The molecule has 2 aromatic rings. The lowest BCUT2D eigenvalue weighted by atomic mass is 10.0. The largest absolute Gasteiger partial charge is 0.508 e. The van der Waals surface area contributed by atoms with Crippen molar-refractivity contribution in [2.24, 2.45) is 0 Å². The van der Waals surface area contributed by atoms with Gasteiger partial charge in [0.1, 0.15) is 5.75 Å². The highest BCUT2D eigenvalue weighted by Crippen LogP contribution is 2.17. The van der Waals surface area contributed by atoms with Gasteiger partial charge in [-0.05, 0) is 44.3 Å². The van der Waals surface area contributed by atoms with Crippen LogP contribution in [0, 0.1) is 0 Å². The number of benzene rings is 2. The molecule has 0 heterocycles. The van der Waals surface area contributed by atoms with Crippen molar-refractivity contribution in [3.63, 3.8) is 0 Å². The summed E-state index contributed by atoms with van der Waals surface area (Å²) in [6.45, 7) is 2.45. The molecule has 5 nitrogen and oxygen atoms in total. The molecule has 0 aliphatic heterocycles. The second-order valence-corrected chi connectivity index (χ2v) is 5.60. The van der Waals surface area contributed by atoms with Crippen LogP contribution < -0.4 is 10.6 Å². The van der Waals surface area contributed by atoms with Gasteiger partial charge in [-0.3, -0.25) is 0 Å². The van der Waals surface area contributed by atoms with Gasteiger partial charge in [0.15, 0.2) is 0 Å². The summed E-state index contributed by atoms with van der Waals surface area (Å²) in [6.07, 6.45) is -0.974. The minimum absolute atomic E-state index is 0. The molecule has 0 amide bonds. The molecule has 0 radical (unpaired) electrons. The summed E-state index contributed by atoms with van der Waals surface area (Å²) in [6, 6.07) is 16.4. The summed E-state index contributed by atoms with van der Waals surface area (Å²) in [5.41, 5.74) is 1.68. The van der Waals surface area contributed by atoms with Crippen LogP contribution in [0.15, 0.2) is 54.6 Å². The third-order valence-electron chi connectivity index (χ3n) is 3.72. The number of phenolic OH excluding ortho intramolecular Hbond substituents is 1. The highest BCUT2D eigenvalue weighted by molar-refractivity contribution is 5.85. The molecule has 0 saturated heterocycles. The fourth-order valence-corrected chi connectivity index (χ4v) is 2.14. The highest BCUT2D eigenvalue weighted by Gasteiger charge is 2.13. The van der Waals surface area contributed by atoms with Gasteiger partial charge in [0.25, 0.3) is 0 Å². The van der Waals surface area contributed by atoms with Gasteiger partial charge in [0.2, 0.25) is 0 Å². The van der Waals surface area contributed by atoms with Crippen LogP contribution in [0.2, 0.25) is 0 Å². The number of aliphatic hydroxyl groups excluding tert-OH is 2. The maximum Gasteiger partial charge on any atom is 0.115 e. The van der Waals surface area contributed by atoms with Crippen molar-refractivity contribution in [2.45, 2.75) is 25.2 Å². The minimum Gasteiger partial charge on any atom is -0.508 e. The summed E-state index contributed by atoms with van der Waals surface area (Å²) in [5, 5.41) is 34.2. The third kappa shape index (κ3) is 8.34. The summed E-state index contributed by atoms with van der Waals surface area (Å²) < 4.78 is 0. The van der Waals surface area contributed by atoms with E-state index in [1.165, 1.54) is 0 Å². The number of rotatable bonds is 6. The second-order valence-electron chi connectivity index (χ2n) is 5.60. The molecule has 140 valence electrons. The Morgan fingerprint density at radius 2 is 1.52 bits per heavy atom. The van der Waals surface area contributed by atoms with Crippen LogP contribution in [-0.2, 0) is 0 Å². The molecule has 0 saturated carbocycles. The molecule has 25 heavy (non-hydrogen) atoms. The normalized spacial score (nSPS) is 13.6. The first-order valence-electron chi connectivity index (χ1n) is 8.01. The zero-order chi connectivity index (χ0) is 17.9. The second kappa shape index (κ2) is 12.7. The summed E-state index contributed by atoms with van der Waals surface area (Å²) >= 11 is 0. The third-order valence-corrected chi connectivity index (χ3v) is 3.72. The van der Waals surface area contributed by atoms with Gasteiger partial charge < -0.3 is 26.0 Å². The van der Waals surface area contributed by atoms with Crippen LogP contribution in [0.3, 0.4) is 0 Å². The highest BCUT2D eigenvalue weighted by atomic mass is 35.5. The van der Waals surface area contributed by atoms with Crippen LogP contribution >= 0.6 is 12.4 Å². The maximum atomic E-state index is 9.73. The number of aliphatic hydroxyl groups is 2. The Morgan fingerprint density at radius 3 is 2.04 bits per heavy atom. The Bertz CT molecular complexity index is 584. The fourth-order valence-electron chi connectivity index (χ4n) is 2.14. The van der Waals surface area contributed by atoms with Crippen molar-refractivity contribution < 1.29 is 15.3 Å². The molecule has 2 aromatic carbocycles. The topological polar surface area (TPSA) is 84.8 Å². The minimum atomic E-state index is -0.554. The van der Waals surface area contributed by atoms with E-state index in [4.69, 9.17) is 5.11 Å². The van der Waals surface area contributed by atoms with E-state index in [9.17, 15) is 10.2 Å². The van der Waals surface area contributed by atoms with E-state index < -0.39 is 12.2 Å². The molecular weight excluding hydrogens is 340 g/mol. The van der Waals surface area contributed by atoms with Crippen LogP contribution in [0.4, 0.5) is 0 Å². The van der Waals surface area contributed by atoms with Gasteiger partial charge in [-0.1, -0.05) is 42.5 Å². The monoisotopic (exact) mass is 368 g/mol. The van der Waals surface area contributed by atoms with Crippen molar-refractivity contribution >= 4 is 12.4 Å². The van der Waals surface area contributed by atoms with Crippen LogP contribution in [0.5, 0.6) is 5.75 Å². The lowest BCUT2D eigenvalue weighted by molar-refractivity contribution is 0.140. The number of likely N-dealkylation sites (N-methyl/N-ethyl adjacent to an activating group) is 2. The van der Waals surface area contributed by atoms with Crippen molar-refractivity contribution in [2.75, 3.05) is 20.6 Å². The van der Waals surface area contributed by atoms with E-state index in [-0.39, 0.29) is 24.2 Å². The van der Waals surface area contributed by atoms with E-state index in [0.29, 0.717) is 6.54 Å². The molecule has 3 atom stereocenters. The van der Waals surface area contributed by atoms with Crippen molar-refractivity contribution in [1.82, 2.24) is 10.6 Å². The Morgan fingerprint density at radius 1 is 0.920 bits per heavy atom. The van der Waals surface area contributed by atoms with Crippen LogP contribution in [-0.4, -0.2) is 42.0 Å². The van der Waals surface area contributed by atoms with E-state index in [1.54, 1.807) is 31.3 Å².